The van der Waals surface area contributed by atoms with Gasteiger partial charge in [0.05, 0.1) is 5.69 Å². The summed E-state index contributed by atoms with van der Waals surface area (Å²) in [4.78, 5) is 0. The van der Waals surface area contributed by atoms with Crippen molar-refractivity contribution < 1.29 is 4.39 Å². The van der Waals surface area contributed by atoms with Gasteiger partial charge in [-0.05, 0) is 47.2 Å². The van der Waals surface area contributed by atoms with Gasteiger partial charge < -0.3 is 5.73 Å². The van der Waals surface area contributed by atoms with E-state index in [0.717, 1.165) is 24.0 Å². The van der Waals surface area contributed by atoms with Crippen LogP contribution in [0.1, 0.15) is 17.5 Å². The van der Waals surface area contributed by atoms with Gasteiger partial charge in [-0.3, -0.25) is 0 Å². The number of anilines is 1. The maximum absolute atomic E-state index is 13.6. The molecule has 90 valence electrons. The summed E-state index contributed by atoms with van der Waals surface area (Å²) >= 11 is 0. The number of nitrogen functional groups attached to an aromatic ring is 1. The maximum atomic E-state index is 13.6. The molecule has 0 radical (unpaired) electrons. The average Bonchev–Trinajstić information content (AvgIpc) is 2.41. The van der Waals surface area contributed by atoms with Gasteiger partial charge in [0.2, 0.25) is 0 Å². The summed E-state index contributed by atoms with van der Waals surface area (Å²) in [5, 5.41) is 0. The number of aryl methyl sites for hydroxylation is 1. The van der Waals surface area contributed by atoms with Crippen LogP contribution < -0.4 is 5.73 Å². The lowest BCUT2D eigenvalue weighted by atomic mass is 9.90. The first-order chi connectivity index (χ1) is 8.75. The lowest BCUT2D eigenvalue weighted by Crippen LogP contribution is -1.97. The second-order valence-corrected chi connectivity index (χ2v) is 4.56. The largest absolute Gasteiger partial charge is 0.396 e. The molecule has 0 saturated heterocycles. The van der Waals surface area contributed by atoms with Gasteiger partial charge in [0.25, 0.3) is 0 Å². The van der Waals surface area contributed by atoms with Gasteiger partial charge >= 0.3 is 0 Å². The molecule has 0 aliphatic heterocycles. The van der Waals surface area contributed by atoms with Gasteiger partial charge in [0.1, 0.15) is 5.82 Å². The highest BCUT2D eigenvalue weighted by atomic mass is 19.1. The van der Waals surface area contributed by atoms with Gasteiger partial charge in [-0.15, -0.1) is 0 Å². The van der Waals surface area contributed by atoms with Crippen LogP contribution >= 0.6 is 0 Å². The summed E-state index contributed by atoms with van der Waals surface area (Å²) in [5.41, 5.74) is 10.2. The molecule has 18 heavy (non-hydrogen) atoms. The van der Waals surface area contributed by atoms with Gasteiger partial charge in [-0.2, -0.15) is 0 Å². The Morgan fingerprint density at radius 2 is 2.00 bits per heavy atom. The van der Waals surface area contributed by atoms with Crippen molar-refractivity contribution in [2.45, 2.75) is 12.8 Å². The Balaban J connectivity index is 2.18. The van der Waals surface area contributed by atoms with Crippen molar-refractivity contribution in [3.05, 3.63) is 59.4 Å². The van der Waals surface area contributed by atoms with Crippen LogP contribution in [-0.2, 0) is 6.42 Å². The van der Waals surface area contributed by atoms with Gasteiger partial charge in [0.15, 0.2) is 0 Å². The number of fused-ring (bicyclic) bond motifs is 1. The fraction of sp³-hybridized carbons (Fsp3) is 0.125. The molecule has 1 aliphatic carbocycles. The molecule has 0 saturated carbocycles. The van der Waals surface area contributed by atoms with Crippen LogP contribution in [0.4, 0.5) is 10.1 Å². The van der Waals surface area contributed by atoms with Crippen LogP contribution in [0.3, 0.4) is 0 Å². The highest BCUT2D eigenvalue weighted by Gasteiger charge is 2.11. The number of benzene rings is 2. The van der Waals surface area contributed by atoms with Crippen LogP contribution in [0.25, 0.3) is 17.2 Å². The van der Waals surface area contributed by atoms with E-state index in [0.29, 0.717) is 0 Å². The van der Waals surface area contributed by atoms with Crippen LogP contribution in [0.15, 0.2) is 42.5 Å². The van der Waals surface area contributed by atoms with E-state index in [2.05, 4.69) is 18.2 Å². The zero-order valence-electron chi connectivity index (χ0n) is 9.99. The minimum Gasteiger partial charge on any atom is -0.396 e. The first-order valence-electron chi connectivity index (χ1n) is 6.09. The molecule has 0 aromatic heterocycles. The van der Waals surface area contributed by atoms with Crippen LogP contribution in [-0.4, -0.2) is 0 Å². The summed E-state index contributed by atoms with van der Waals surface area (Å²) < 4.78 is 13.6. The first kappa shape index (κ1) is 11.0. The SMILES string of the molecule is Nc1ccc(-c2cccc3c2C=CCC3)cc1F. The summed E-state index contributed by atoms with van der Waals surface area (Å²) in [6, 6.07) is 11.2. The van der Waals surface area contributed by atoms with Gasteiger partial charge in [-0.1, -0.05) is 36.4 Å². The molecule has 0 bridgehead atoms. The Morgan fingerprint density at radius 3 is 2.83 bits per heavy atom. The number of rotatable bonds is 1. The average molecular weight is 239 g/mol. The lowest BCUT2D eigenvalue weighted by molar-refractivity contribution is 0.633. The topological polar surface area (TPSA) is 26.0 Å². The molecule has 2 heteroatoms. The molecule has 2 aromatic rings. The van der Waals surface area contributed by atoms with Crippen LogP contribution in [0, 0.1) is 5.82 Å². The van der Waals surface area contributed by atoms with E-state index in [1.54, 1.807) is 6.07 Å². The Labute approximate surface area is 106 Å². The summed E-state index contributed by atoms with van der Waals surface area (Å²) in [5.74, 6) is -0.357. The van der Waals surface area contributed by atoms with Crippen LogP contribution in [0.2, 0.25) is 0 Å². The van der Waals surface area contributed by atoms with Gasteiger partial charge in [-0.25, -0.2) is 4.39 Å². The third-order valence-corrected chi connectivity index (χ3v) is 3.37. The van der Waals surface area contributed by atoms with Crippen molar-refractivity contribution in [2.24, 2.45) is 0 Å². The van der Waals surface area contributed by atoms with Crippen molar-refractivity contribution in [2.75, 3.05) is 5.73 Å². The minimum atomic E-state index is -0.357. The normalized spacial score (nSPS) is 13.4. The summed E-state index contributed by atoms with van der Waals surface area (Å²) in [6.45, 7) is 0. The number of allylic oxidation sites excluding steroid dienone is 1. The smallest absolute Gasteiger partial charge is 0.146 e. The molecule has 0 amide bonds. The van der Waals surface area contributed by atoms with E-state index in [1.165, 1.54) is 17.2 Å². The third-order valence-electron chi connectivity index (χ3n) is 3.37. The summed E-state index contributed by atoms with van der Waals surface area (Å²) in [6.07, 6.45) is 6.42. The van der Waals surface area contributed by atoms with E-state index in [4.69, 9.17) is 5.73 Å². The molecule has 0 unspecified atom stereocenters. The Hall–Kier alpha value is -2.09. The van der Waals surface area contributed by atoms with Crippen molar-refractivity contribution in [3.63, 3.8) is 0 Å². The zero-order chi connectivity index (χ0) is 12.5. The van der Waals surface area contributed by atoms with E-state index in [9.17, 15) is 4.39 Å². The second-order valence-electron chi connectivity index (χ2n) is 4.56. The monoisotopic (exact) mass is 239 g/mol. The number of hydrogen-bond donors (Lipinski definition) is 1. The molecular formula is C16H14FN. The lowest BCUT2D eigenvalue weighted by Gasteiger charge is -2.15. The predicted molar refractivity (Wildman–Crippen MR) is 73.6 cm³/mol. The Bertz CT molecular complexity index is 629. The van der Waals surface area contributed by atoms with E-state index < -0.39 is 0 Å². The standard InChI is InChI=1S/C16H14FN/c17-15-10-12(8-9-16(15)18)14-7-3-5-11-4-1-2-6-13(11)14/h2-3,5-10H,1,4,18H2. The number of halogens is 1. The molecule has 3 rings (SSSR count). The fourth-order valence-electron chi connectivity index (χ4n) is 2.41. The first-order valence-corrected chi connectivity index (χ1v) is 6.09. The minimum absolute atomic E-state index is 0.194. The molecular weight excluding hydrogens is 225 g/mol. The molecule has 0 spiro atoms. The van der Waals surface area contributed by atoms with E-state index in [1.807, 2.05) is 18.2 Å². The number of nitrogens with two attached hydrogens (primary N) is 1. The molecule has 1 nitrogen and oxygen atoms in total. The quantitative estimate of drug-likeness (QED) is 0.747. The Kier molecular flexibility index (Phi) is 2.63. The molecule has 0 fully saturated rings. The second kappa shape index (κ2) is 4.30. The van der Waals surface area contributed by atoms with E-state index in [-0.39, 0.29) is 11.5 Å². The third kappa shape index (κ3) is 1.80. The molecule has 1 aliphatic rings. The zero-order valence-corrected chi connectivity index (χ0v) is 9.99. The molecule has 2 N–H and O–H groups in total. The molecule has 2 aromatic carbocycles. The van der Waals surface area contributed by atoms with Crippen LogP contribution in [0.5, 0.6) is 0 Å². The molecule has 0 heterocycles. The van der Waals surface area contributed by atoms with E-state index >= 15 is 0 Å². The summed E-state index contributed by atoms with van der Waals surface area (Å²) in [7, 11) is 0. The highest BCUT2D eigenvalue weighted by Crippen LogP contribution is 2.31. The highest BCUT2D eigenvalue weighted by molar-refractivity contribution is 5.78. The molecule has 0 atom stereocenters. The Morgan fingerprint density at radius 1 is 1.11 bits per heavy atom. The predicted octanol–water partition coefficient (Wildman–Crippen LogP) is 4.03. The van der Waals surface area contributed by atoms with Gasteiger partial charge in [0, 0.05) is 0 Å². The van der Waals surface area contributed by atoms with Crippen molar-refractivity contribution in [1.29, 1.82) is 0 Å². The van der Waals surface area contributed by atoms with Crippen molar-refractivity contribution in [1.82, 2.24) is 0 Å². The van der Waals surface area contributed by atoms with Crippen molar-refractivity contribution >= 4 is 11.8 Å². The number of hydrogen-bond acceptors (Lipinski definition) is 1. The fourth-order valence-corrected chi connectivity index (χ4v) is 2.41. The van der Waals surface area contributed by atoms with Crippen molar-refractivity contribution in [3.8, 4) is 11.1 Å². The maximum Gasteiger partial charge on any atom is 0.146 e.